The van der Waals surface area contributed by atoms with Gasteiger partial charge in [0.1, 0.15) is 0 Å². The minimum absolute atomic E-state index is 0.0172. The van der Waals surface area contributed by atoms with E-state index in [9.17, 15) is 9.59 Å². The summed E-state index contributed by atoms with van der Waals surface area (Å²) >= 11 is 0. The van der Waals surface area contributed by atoms with Crippen LogP contribution in [0.5, 0.6) is 11.5 Å². The molecule has 6 heteroatoms. The Bertz CT molecular complexity index is 699. The van der Waals surface area contributed by atoms with Crippen molar-refractivity contribution in [3.63, 3.8) is 0 Å². The van der Waals surface area contributed by atoms with Crippen LogP contribution in [0.4, 0.5) is 0 Å². The normalized spacial score (nSPS) is 24.5. The highest BCUT2D eigenvalue weighted by molar-refractivity contribution is 5.82. The van der Waals surface area contributed by atoms with Crippen LogP contribution in [0.3, 0.4) is 0 Å². The second-order valence-corrected chi connectivity index (χ2v) is 7.49. The third-order valence-corrected chi connectivity index (χ3v) is 5.56. The molecule has 0 bridgehead atoms. The zero-order valence-corrected chi connectivity index (χ0v) is 14.5. The third-order valence-electron chi connectivity index (χ3n) is 5.56. The van der Waals surface area contributed by atoms with Crippen molar-refractivity contribution in [1.29, 1.82) is 0 Å². The lowest BCUT2D eigenvalue weighted by atomic mass is 9.95. The van der Waals surface area contributed by atoms with Crippen LogP contribution in [-0.4, -0.2) is 31.7 Å². The highest BCUT2D eigenvalue weighted by Crippen LogP contribution is 2.49. The standard InChI is InChI=1S/C19H24N2O4/c1-12-8-14(12)18(23)20-7-4-17(22)21-10-19(5-6-19)13-2-3-15-16(9-13)25-11-24-15/h2-3,9,12,14H,4-8,10-11H2,1H3,(H,20,23)(H,21,22)/t12-,14+/m0/s1. The van der Waals surface area contributed by atoms with Gasteiger partial charge in [0.05, 0.1) is 0 Å². The Morgan fingerprint density at radius 3 is 2.68 bits per heavy atom. The van der Waals surface area contributed by atoms with E-state index in [1.807, 2.05) is 12.1 Å². The van der Waals surface area contributed by atoms with Crippen LogP contribution in [0, 0.1) is 11.8 Å². The molecule has 3 aliphatic rings. The van der Waals surface area contributed by atoms with Gasteiger partial charge in [-0.25, -0.2) is 0 Å². The van der Waals surface area contributed by atoms with Gasteiger partial charge in [0.15, 0.2) is 11.5 Å². The summed E-state index contributed by atoms with van der Waals surface area (Å²) in [5.74, 6) is 2.28. The summed E-state index contributed by atoms with van der Waals surface area (Å²) in [5, 5.41) is 5.87. The molecule has 2 amide bonds. The summed E-state index contributed by atoms with van der Waals surface area (Å²) in [7, 11) is 0. The SMILES string of the molecule is C[C@H]1C[C@H]1C(=O)NCCC(=O)NCC1(c2ccc3c(c2)OCO3)CC1. The first-order valence-electron chi connectivity index (χ1n) is 9.02. The van der Waals surface area contributed by atoms with E-state index in [0.29, 0.717) is 25.4 Å². The molecule has 2 N–H and O–H groups in total. The van der Waals surface area contributed by atoms with Crippen LogP contribution in [0.1, 0.15) is 38.2 Å². The summed E-state index contributed by atoms with van der Waals surface area (Å²) in [6.45, 7) is 3.38. The first kappa shape index (κ1) is 16.2. The maximum absolute atomic E-state index is 12.1. The zero-order chi connectivity index (χ0) is 17.4. The number of benzene rings is 1. The molecule has 2 saturated carbocycles. The van der Waals surface area contributed by atoms with Gasteiger partial charge in [-0.15, -0.1) is 0 Å². The summed E-state index contributed by atoms with van der Waals surface area (Å²) in [6.07, 6.45) is 3.41. The maximum Gasteiger partial charge on any atom is 0.231 e. The summed E-state index contributed by atoms with van der Waals surface area (Å²) in [4.78, 5) is 23.8. The molecule has 0 saturated heterocycles. The Kier molecular flexibility index (Phi) is 4.06. The number of hydrogen-bond acceptors (Lipinski definition) is 4. The van der Waals surface area contributed by atoms with Gasteiger partial charge in [-0.2, -0.15) is 0 Å². The highest BCUT2D eigenvalue weighted by Gasteiger charge is 2.45. The molecule has 0 radical (unpaired) electrons. The van der Waals surface area contributed by atoms with Gasteiger partial charge in [-0.1, -0.05) is 13.0 Å². The first-order chi connectivity index (χ1) is 12.1. The Balaban J connectivity index is 1.23. The highest BCUT2D eigenvalue weighted by atomic mass is 16.7. The van der Waals surface area contributed by atoms with Crippen LogP contribution in [0.2, 0.25) is 0 Å². The fourth-order valence-corrected chi connectivity index (χ4v) is 3.42. The molecule has 2 aliphatic carbocycles. The van der Waals surface area contributed by atoms with E-state index in [-0.39, 0.29) is 29.9 Å². The number of rotatable bonds is 7. The van der Waals surface area contributed by atoms with Gasteiger partial charge in [0.25, 0.3) is 0 Å². The summed E-state index contributed by atoms with van der Waals surface area (Å²) in [5.41, 5.74) is 1.21. The molecule has 4 rings (SSSR count). The quantitative estimate of drug-likeness (QED) is 0.790. The van der Waals surface area contributed by atoms with E-state index in [1.165, 1.54) is 5.56 Å². The van der Waals surface area contributed by atoms with Gasteiger partial charge in [0, 0.05) is 30.8 Å². The van der Waals surface area contributed by atoms with Crippen molar-refractivity contribution in [3.05, 3.63) is 23.8 Å². The fraction of sp³-hybridized carbons (Fsp3) is 0.579. The third kappa shape index (κ3) is 3.43. The monoisotopic (exact) mass is 344 g/mol. The van der Waals surface area contributed by atoms with E-state index in [2.05, 4.69) is 23.6 Å². The smallest absolute Gasteiger partial charge is 0.231 e. The number of hydrogen-bond donors (Lipinski definition) is 2. The van der Waals surface area contributed by atoms with Gasteiger partial charge < -0.3 is 20.1 Å². The molecule has 0 aromatic heterocycles. The van der Waals surface area contributed by atoms with E-state index in [0.717, 1.165) is 30.8 Å². The molecule has 0 unspecified atom stereocenters. The maximum atomic E-state index is 12.1. The van der Waals surface area contributed by atoms with E-state index in [4.69, 9.17) is 9.47 Å². The summed E-state index contributed by atoms with van der Waals surface area (Å²) < 4.78 is 10.8. The van der Waals surface area contributed by atoms with Crippen LogP contribution in [-0.2, 0) is 15.0 Å². The second kappa shape index (κ2) is 6.24. The van der Waals surface area contributed by atoms with Crippen molar-refractivity contribution < 1.29 is 19.1 Å². The molecular weight excluding hydrogens is 320 g/mol. The van der Waals surface area contributed by atoms with Crippen LogP contribution in [0.15, 0.2) is 18.2 Å². The minimum Gasteiger partial charge on any atom is -0.454 e. The number of fused-ring (bicyclic) bond motifs is 1. The molecule has 134 valence electrons. The number of carbonyl (C=O) groups excluding carboxylic acids is 2. The molecule has 2 fully saturated rings. The fourth-order valence-electron chi connectivity index (χ4n) is 3.42. The molecule has 1 aromatic carbocycles. The molecule has 1 aromatic rings. The Morgan fingerprint density at radius 1 is 1.20 bits per heavy atom. The van der Waals surface area contributed by atoms with Crippen LogP contribution in [0.25, 0.3) is 0 Å². The molecule has 2 atom stereocenters. The predicted molar refractivity (Wildman–Crippen MR) is 91.4 cm³/mol. The van der Waals surface area contributed by atoms with Gasteiger partial charge >= 0.3 is 0 Å². The molecular formula is C19H24N2O4. The molecule has 1 aliphatic heterocycles. The topological polar surface area (TPSA) is 76.7 Å². The Hall–Kier alpha value is -2.24. The number of amides is 2. The van der Waals surface area contributed by atoms with Crippen molar-refractivity contribution >= 4 is 11.8 Å². The number of carbonyl (C=O) groups is 2. The van der Waals surface area contributed by atoms with Crippen LogP contribution >= 0.6 is 0 Å². The Labute approximate surface area is 147 Å². The van der Waals surface area contributed by atoms with Crippen molar-refractivity contribution in [3.8, 4) is 11.5 Å². The molecule has 1 heterocycles. The lowest BCUT2D eigenvalue weighted by Gasteiger charge is -2.17. The summed E-state index contributed by atoms with van der Waals surface area (Å²) in [6, 6.07) is 6.02. The lowest BCUT2D eigenvalue weighted by molar-refractivity contribution is -0.123. The van der Waals surface area contributed by atoms with E-state index >= 15 is 0 Å². The average Bonchev–Trinajstić information content (AvgIpc) is 3.50. The molecule has 6 nitrogen and oxygen atoms in total. The number of nitrogens with one attached hydrogen (secondary N) is 2. The van der Waals surface area contributed by atoms with Gasteiger partial charge in [-0.3, -0.25) is 9.59 Å². The largest absolute Gasteiger partial charge is 0.454 e. The second-order valence-electron chi connectivity index (χ2n) is 7.49. The average molecular weight is 344 g/mol. The Morgan fingerprint density at radius 2 is 1.96 bits per heavy atom. The van der Waals surface area contributed by atoms with Crippen molar-refractivity contribution in [2.45, 2.75) is 38.0 Å². The van der Waals surface area contributed by atoms with Crippen molar-refractivity contribution in [2.75, 3.05) is 19.9 Å². The van der Waals surface area contributed by atoms with Crippen molar-refractivity contribution in [2.24, 2.45) is 11.8 Å². The predicted octanol–water partition coefficient (Wildman–Crippen LogP) is 1.73. The van der Waals surface area contributed by atoms with Crippen molar-refractivity contribution in [1.82, 2.24) is 10.6 Å². The lowest BCUT2D eigenvalue weighted by Crippen LogP contribution is -2.35. The van der Waals surface area contributed by atoms with E-state index in [1.54, 1.807) is 0 Å². The van der Waals surface area contributed by atoms with E-state index < -0.39 is 0 Å². The zero-order valence-electron chi connectivity index (χ0n) is 14.5. The van der Waals surface area contributed by atoms with Gasteiger partial charge in [-0.05, 0) is 42.9 Å². The minimum atomic E-state index is -0.0174. The van der Waals surface area contributed by atoms with Crippen LogP contribution < -0.4 is 20.1 Å². The van der Waals surface area contributed by atoms with Gasteiger partial charge in [0.2, 0.25) is 18.6 Å². The first-order valence-corrected chi connectivity index (χ1v) is 9.02. The molecule has 25 heavy (non-hydrogen) atoms. The number of ether oxygens (including phenoxy) is 2. The molecule has 0 spiro atoms.